The summed E-state index contributed by atoms with van der Waals surface area (Å²) >= 11 is 0. The topological polar surface area (TPSA) is 60.7 Å². The van der Waals surface area contributed by atoms with Crippen LogP contribution in [-0.2, 0) is 0 Å². The van der Waals surface area contributed by atoms with E-state index in [1.54, 1.807) is 0 Å². The van der Waals surface area contributed by atoms with E-state index in [1.807, 2.05) is 0 Å². The third kappa shape index (κ3) is 48.7. The summed E-state index contributed by atoms with van der Waals surface area (Å²) in [6.07, 6.45) is 0. The molecule has 3 nitrogen and oxygen atoms in total. The Balaban J connectivity index is -0.00000000750. The first kappa shape index (κ1) is 29.5. The zero-order valence-electron chi connectivity index (χ0n) is 2.50. The van der Waals surface area contributed by atoms with Crippen molar-refractivity contribution in [2.24, 2.45) is 0 Å². The van der Waals surface area contributed by atoms with E-state index < -0.39 is 8.60 Å². The van der Waals surface area contributed by atoms with Crippen molar-refractivity contribution in [3.05, 3.63) is 0 Å². The third-order valence-electron chi connectivity index (χ3n) is 0. The van der Waals surface area contributed by atoms with Crippen LogP contribution in [0.4, 0.5) is 0 Å². The van der Waals surface area contributed by atoms with E-state index in [9.17, 15) is 0 Å². The van der Waals surface area contributed by atoms with Gasteiger partial charge in [-0.15, -0.1) is 0 Å². The normalized spacial score (nSPS) is 4.50. The van der Waals surface area contributed by atoms with Crippen molar-refractivity contribution in [2.45, 2.75) is 0 Å². The Labute approximate surface area is 136 Å². The first-order valence-electron chi connectivity index (χ1n) is 0.600. The summed E-state index contributed by atoms with van der Waals surface area (Å²) in [7, 11) is -2.62. The van der Waals surface area contributed by atoms with E-state index in [0.717, 1.165) is 0 Å². The minimum atomic E-state index is -2.62. The van der Waals surface area contributed by atoms with Gasteiger partial charge in [-0.25, -0.2) is 0 Å². The Morgan fingerprint density at radius 1 is 0.750 bits per heavy atom. The maximum atomic E-state index is 7.23. The Morgan fingerprint density at radius 3 is 0.750 bits per heavy atom. The van der Waals surface area contributed by atoms with E-state index in [-0.39, 0.29) is 116 Å². The van der Waals surface area contributed by atoms with Crippen molar-refractivity contribution < 1.29 is 14.7 Å². The van der Waals surface area contributed by atoms with Crippen LogP contribution in [-0.4, -0.2) is 131 Å². The standard InChI is InChI=1S/3Na.H3O3P.Pb.5H/c;;;1-4(2)3;;;;;;/h;;;1-3H;;;;;;. The van der Waals surface area contributed by atoms with Gasteiger partial charge >= 0.3 is 125 Å². The summed E-state index contributed by atoms with van der Waals surface area (Å²) in [5.41, 5.74) is 0. The molecule has 0 aromatic carbocycles. The van der Waals surface area contributed by atoms with Crippen LogP contribution in [0.3, 0.4) is 0 Å². The number of rotatable bonds is 0. The van der Waals surface area contributed by atoms with E-state index in [0.29, 0.717) is 0 Å². The van der Waals surface area contributed by atoms with Crippen LogP contribution in [0.25, 0.3) is 0 Å². The van der Waals surface area contributed by atoms with E-state index >= 15 is 0 Å². The molecular formula is H8Na3O3PPb. The Morgan fingerprint density at radius 2 is 0.750 bits per heavy atom. The summed E-state index contributed by atoms with van der Waals surface area (Å²) in [6, 6.07) is 0. The monoisotopic (exact) mass is 364 g/mol. The van der Waals surface area contributed by atoms with Crippen LogP contribution in [0.2, 0.25) is 0 Å². The van der Waals surface area contributed by atoms with Crippen LogP contribution >= 0.6 is 8.60 Å². The van der Waals surface area contributed by atoms with Crippen molar-refractivity contribution >= 4 is 125 Å². The molecule has 0 saturated carbocycles. The van der Waals surface area contributed by atoms with Crippen molar-refractivity contribution in [2.75, 3.05) is 0 Å². The number of hydrogen-bond donors (Lipinski definition) is 3. The summed E-state index contributed by atoms with van der Waals surface area (Å²) in [5.74, 6) is 0. The molecule has 8 heteroatoms. The molecule has 0 unspecified atom stereocenters. The van der Waals surface area contributed by atoms with E-state index in [4.69, 9.17) is 14.7 Å². The molecule has 0 rings (SSSR count). The van der Waals surface area contributed by atoms with Gasteiger partial charge in [0.2, 0.25) is 0 Å². The molecule has 3 N–H and O–H groups in total. The summed E-state index contributed by atoms with van der Waals surface area (Å²) in [6.45, 7) is 0. The Bertz CT molecular complexity index is 19.2. The molecule has 0 bridgehead atoms. The molecule has 0 aromatic heterocycles. The fourth-order valence-electron chi connectivity index (χ4n) is 0. The fraction of sp³-hybridized carbons (Fsp3) is 0. The molecule has 0 aliphatic carbocycles. The summed E-state index contributed by atoms with van der Waals surface area (Å²) in [5, 5.41) is 0. The predicted octanol–water partition coefficient (Wildman–Crippen LogP) is -3.67. The van der Waals surface area contributed by atoms with Gasteiger partial charge in [-0.05, 0) is 0 Å². The molecule has 0 aliphatic heterocycles. The maximum absolute atomic E-state index is 7.23. The molecular weight excluding hydrogens is 355 g/mol. The van der Waals surface area contributed by atoms with Crippen LogP contribution in [0.1, 0.15) is 0 Å². The van der Waals surface area contributed by atoms with E-state index in [1.165, 1.54) is 0 Å². The Hall–Kier alpha value is 4.23. The van der Waals surface area contributed by atoms with E-state index in [2.05, 4.69) is 0 Å². The molecule has 8 heavy (non-hydrogen) atoms. The number of hydrogen-bond acceptors (Lipinski definition) is 3. The van der Waals surface area contributed by atoms with Crippen LogP contribution in [0.15, 0.2) is 0 Å². The molecule has 0 atom stereocenters. The summed E-state index contributed by atoms with van der Waals surface area (Å²) in [4.78, 5) is 21.7. The van der Waals surface area contributed by atoms with Gasteiger partial charge in [0, 0.05) is 0 Å². The fourth-order valence-corrected chi connectivity index (χ4v) is 0. The molecule has 0 saturated heterocycles. The average molecular weight is 363 g/mol. The van der Waals surface area contributed by atoms with Crippen molar-refractivity contribution in [1.29, 1.82) is 0 Å². The minimum absolute atomic E-state index is 0. The SMILES string of the molecule is OP(O)O.[NaH].[NaH].[NaH].[PbH2]. The van der Waals surface area contributed by atoms with Crippen LogP contribution < -0.4 is 0 Å². The molecule has 2 radical (unpaired) electrons. The van der Waals surface area contributed by atoms with Gasteiger partial charge in [-0.3, -0.25) is 0 Å². The van der Waals surface area contributed by atoms with Gasteiger partial charge in [-0.1, -0.05) is 0 Å². The predicted molar refractivity (Wildman–Crippen MR) is 43.6 cm³/mol. The second kappa shape index (κ2) is 22.5. The molecule has 0 aliphatic rings. The molecule has 0 amide bonds. The second-order valence-corrected chi connectivity index (χ2v) is 0.805. The average Bonchev–Trinajstić information content (AvgIpc) is 0.811. The Kier molecular flexibility index (Phi) is 82.9. The van der Waals surface area contributed by atoms with Gasteiger partial charge in [0.1, 0.15) is 0 Å². The zero-order valence-corrected chi connectivity index (χ0v) is 8.89. The van der Waals surface area contributed by atoms with Gasteiger partial charge in [0.25, 0.3) is 0 Å². The van der Waals surface area contributed by atoms with Crippen LogP contribution in [0, 0.1) is 0 Å². The molecule has 0 spiro atoms. The van der Waals surface area contributed by atoms with Gasteiger partial charge in [0.05, 0.1) is 0 Å². The van der Waals surface area contributed by atoms with Crippen molar-refractivity contribution in [3.63, 3.8) is 0 Å². The van der Waals surface area contributed by atoms with Crippen molar-refractivity contribution in [3.8, 4) is 0 Å². The summed E-state index contributed by atoms with van der Waals surface area (Å²) < 4.78 is 0. The van der Waals surface area contributed by atoms with Gasteiger partial charge < -0.3 is 14.7 Å². The van der Waals surface area contributed by atoms with Gasteiger partial charge in [0.15, 0.2) is 0 Å². The van der Waals surface area contributed by atoms with Crippen molar-refractivity contribution in [1.82, 2.24) is 0 Å². The second-order valence-electron chi connectivity index (χ2n) is 0.268. The quantitative estimate of drug-likeness (QED) is 0.307. The zero-order chi connectivity index (χ0) is 3.58. The first-order chi connectivity index (χ1) is 1.73. The molecule has 0 aromatic rings. The molecule has 0 heterocycles. The molecule has 0 fully saturated rings. The first-order valence-corrected chi connectivity index (χ1v) is 1.80. The third-order valence-corrected chi connectivity index (χ3v) is 0. The molecule has 38 valence electrons. The van der Waals surface area contributed by atoms with Crippen LogP contribution in [0.5, 0.6) is 0 Å². The van der Waals surface area contributed by atoms with Gasteiger partial charge in [-0.2, -0.15) is 0 Å².